The first-order valence-corrected chi connectivity index (χ1v) is 8.48. The average molecular weight is 370 g/mol. The van der Waals surface area contributed by atoms with Gasteiger partial charge in [0, 0.05) is 29.4 Å². The molecule has 2 aromatic carbocycles. The zero-order valence-corrected chi connectivity index (χ0v) is 13.9. The highest BCUT2D eigenvalue weighted by molar-refractivity contribution is 9.10. The molecule has 21 heavy (non-hydrogen) atoms. The zero-order chi connectivity index (χ0) is 15.6. The molecule has 0 saturated heterocycles. The first-order valence-electron chi connectivity index (χ1n) is 6.14. The van der Waals surface area contributed by atoms with Gasteiger partial charge in [-0.25, -0.2) is 13.6 Å². The maximum atomic E-state index is 11.5. The molecule has 0 amide bonds. The fourth-order valence-corrected chi connectivity index (χ4v) is 2.80. The lowest BCUT2D eigenvalue weighted by molar-refractivity contribution is 0.598. The molecule has 4 N–H and O–H groups in total. The molecule has 0 aromatic heterocycles. The molecule has 0 aliphatic carbocycles. The number of benzene rings is 2. The monoisotopic (exact) mass is 369 g/mol. The number of hydrogen-bond donors (Lipinski definition) is 2. The number of primary sulfonamides is 1. The maximum Gasteiger partial charge on any atom is 0.238 e. The van der Waals surface area contributed by atoms with Crippen LogP contribution in [0.5, 0.6) is 0 Å². The van der Waals surface area contributed by atoms with Crippen LogP contribution in [0.1, 0.15) is 5.56 Å². The Morgan fingerprint density at radius 2 is 1.76 bits per heavy atom. The van der Waals surface area contributed by atoms with Gasteiger partial charge in [-0.15, -0.1) is 0 Å². The van der Waals surface area contributed by atoms with Crippen LogP contribution in [0.4, 0.5) is 11.4 Å². The molecular weight excluding hydrogens is 354 g/mol. The molecule has 0 aliphatic rings. The zero-order valence-electron chi connectivity index (χ0n) is 11.5. The van der Waals surface area contributed by atoms with E-state index in [1.165, 1.54) is 12.1 Å². The van der Waals surface area contributed by atoms with Gasteiger partial charge in [-0.05, 0) is 35.9 Å². The highest BCUT2D eigenvalue weighted by atomic mass is 79.9. The Hall–Kier alpha value is -1.57. The first kappa shape index (κ1) is 15.8. The number of anilines is 2. The van der Waals surface area contributed by atoms with E-state index in [2.05, 4.69) is 15.9 Å². The number of halogens is 1. The molecule has 0 heterocycles. The summed E-state index contributed by atoms with van der Waals surface area (Å²) in [6, 6.07) is 12.5. The van der Waals surface area contributed by atoms with Crippen molar-refractivity contribution in [3.63, 3.8) is 0 Å². The summed E-state index contributed by atoms with van der Waals surface area (Å²) in [4.78, 5) is 1.93. The number of sulfonamides is 1. The molecule has 0 atom stereocenters. The van der Waals surface area contributed by atoms with Crippen LogP contribution >= 0.6 is 15.9 Å². The second-order valence-corrected chi connectivity index (χ2v) is 7.26. The topological polar surface area (TPSA) is 89.4 Å². The standard InChI is InChI=1S/C14H16BrN3O2S/c1-18(9-10-2-4-11(15)5-3-10)13-6-12(16)7-14(8-13)21(17,19)20/h2-8H,9,16H2,1H3,(H2,17,19,20). The summed E-state index contributed by atoms with van der Waals surface area (Å²) in [6.45, 7) is 0.626. The van der Waals surface area contributed by atoms with Crippen LogP contribution in [-0.4, -0.2) is 15.5 Å². The summed E-state index contributed by atoms with van der Waals surface area (Å²) >= 11 is 3.39. The normalized spacial score (nSPS) is 11.4. The number of nitrogens with two attached hydrogens (primary N) is 2. The van der Waals surface area contributed by atoms with Crippen LogP contribution in [-0.2, 0) is 16.6 Å². The van der Waals surface area contributed by atoms with Gasteiger partial charge in [-0.1, -0.05) is 28.1 Å². The minimum Gasteiger partial charge on any atom is -0.399 e. The van der Waals surface area contributed by atoms with Crippen molar-refractivity contribution in [3.8, 4) is 0 Å². The third kappa shape index (κ3) is 4.20. The molecule has 0 unspecified atom stereocenters. The van der Waals surface area contributed by atoms with Gasteiger partial charge in [0.2, 0.25) is 10.0 Å². The van der Waals surface area contributed by atoms with Crippen molar-refractivity contribution in [2.75, 3.05) is 17.7 Å². The quantitative estimate of drug-likeness (QED) is 0.809. The molecule has 0 radical (unpaired) electrons. The van der Waals surface area contributed by atoms with Crippen LogP contribution < -0.4 is 15.8 Å². The van der Waals surface area contributed by atoms with Gasteiger partial charge in [0.05, 0.1) is 4.90 Å². The molecule has 7 heteroatoms. The van der Waals surface area contributed by atoms with Crippen molar-refractivity contribution in [1.82, 2.24) is 0 Å². The van der Waals surface area contributed by atoms with Crippen LogP contribution in [0.3, 0.4) is 0 Å². The number of hydrogen-bond acceptors (Lipinski definition) is 4. The van der Waals surface area contributed by atoms with Gasteiger partial charge in [-0.2, -0.15) is 0 Å². The smallest absolute Gasteiger partial charge is 0.238 e. The molecule has 0 spiro atoms. The fraction of sp³-hybridized carbons (Fsp3) is 0.143. The third-order valence-electron chi connectivity index (χ3n) is 3.02. The number of nitrogen functional groups attached to an aromatic ring is 1. The van der Waals surface area contributed by atoms with E-state index in [4.69, 9.17) is 10.9 Å². The van der Waals surface area contributed by atoms with E-state index >= 15 is 0 Å². The summed E-state index contributed by atoms with van der Waals surface area (Å²) in [5, 5.41) is 5.16. The lowest BCUT2D eigenvalue weighted by atomic mass is 10.2. The van der Waals surface area contributed by atoms with Gasteiger partial charge in [0.15, 0.2) is 0 Å². The van der Waals surface area contributed by atoms with Gasteiger partial charge in [0.25, 0.3) is 0 Å². The summed E-state index contributed by atoms with van der Waals surface area (Å²) in [5.41, 5.74) is 7.91. The maximum absolute atomic E-state index is 11.5. The molecular formula is C14H16BrN3O2S. The van der Waals surface area contributed by atoms with Crippen molar-refractivity contribution >= 4 is 37.3 Å². The predicted molar refractivity (Wildman–Crippen MR) is 88.5 cm³/mol. The molecule has 0 aliphatic heterocycles. The van der Waals surface area contributed by atoms with Crippen molar-refractivity contribution < 1.29 is 8.42 Å². The van der Waals surface area contributed by atoms with E-state index in [-0.39, 0.29) is 4.90 Å². The Kier molecular flexibility index (Phi) is 4.55. The Morgan fingerprint density at radius 3 is 2.33 bits per heavy atom. The van der Waals surface area contributed by atoms with Gasteiger partial charge >= 0.3 is 0 Å². The van der Waals surface area contributed by atoms with E-state index in [0.717, 1.165) is 10.0 Å². The lowest BCUT2D eigenvalue weighted by Gasteiger charge is -2.20. The Bertz CT molecular complexity index is 745. The second-order valence-electron chi connectivity index (χ2n) is 4.79. The molecule has 2 aromatic rings. The van der Waals surface area contributed by atoms with Crippen LogP contribution in [0.15, 0.2) is 51.8 Å². The molecule has 0 fully saturated rings. The van der Waals surface area contributed by atoms with E-state index in [1.54, 1.807) is 6.07 Å². The van der Waals surface area contributed by atoms with Gasteiger partial charge < -0.3 is 10.6 Å². The van der Waals surface area contributed by atoms with E-state index in [1.807, 2.05) is 36.2 Å². The van der Waals surface area contributed by atoms with E-state index in [0.29, 0.717) is 17.9 Å². The van der Waals surface area contributed by atoms with Crippen molar-refractivity contribution in [3.05, 3.63) is 52.5 Å². The average Bonchev–Trinajstić information content (AvgIpc) is 2.39. The van der Waals surface area contributed by atoms with Crippen molar-refractivity contribution in [1.29, 1.82) is 0 Å². The summed E-state index contributed by atoms with van der Waals surface area (Å²) in [7, 11) is -1.91. The minimum atomic E-state index is -3.77. The molecule has 0 saturated carbocycles. The minimum absolute atomic E-state index is 0.0140. The van der Waals surface area contributed by atoms with E-state index < -0.39 is 10.0 Å². The lowest BCUT2D eigenvalue weighted by Crippen LogP contribution is -2.18. The van der Waals surface area contributed by atoms with Gasteiger partial charge in [-0.3, -0.25) is 0 Å². The SMILES string of the molecule is CN(Cc1ccc(Br)cc1)c1cc(N)cc(S(N)(=O)=O)c1. The largest absolute Gasteiger partial charge is 0.399 e. The molecule has 0 bridgehead atoms. The van der Waals surface area contributed by atoms with Gasteiger partial charge in [0.1, 0.15) is 0 Å². The Labute approximate surface area is 132 Å². The highest BCUT2D eigenvalue weighted by Gasteiger charge is 2.12. The van der Waals surface area contributed by atoms with Crippen LogP contribution in [0.2, 0.25) is 0 Å². The Balaban J connectivity index is 2.28. The predicted octanol–water partition coefficient (Wildman–Crippen LogP) is 2.32. The summed E-state index contributed by atoms with van der Waals surface area (Å²) < 4.78 is 23.9. The van der Waals surface area contributed by atoms with Crippen LogP contribution in [0, 0.1) is 0 Å². The fourth-order valence-electron chi connectivity index (χ4n) is 1.95. The summed E-state index contributed by atoms with van der Waals surface area (Å²) in [5.74, 6) is 0. The Morgan fingerprint density at radius 1 is 1.14 bits per heavy atom. The third-order valence-corrected chi connectivity index (χ3v) is 4.44. The number of rotatable bonds is 4. The van der Waals surface area contributed by atoms with Crippen molar-refractivity contribution in [2.24, 2.45) is 5.14 Å². The highest BCUT2D eigenvalue weighted by Crippen LogP contribution is 2.23. The first-order chi connectivity index (χ1) is 9.75. The molecule has 112 valence electrons. The summed E-state index contributed by atoms with van der Waals surface area (Å²) in [6.07, 6.45) is 0. The van der Waals surface area contributed by atoms with Crippen molar-refractivity contribution in [2.45, 2.75) is 11.4 Å². The second kappa shape index (κ2) is 6.05. The van der Waals surface area contributed by atoms with E-state index in [9.17, 15) is 8.42 Å². The molecule has 2 rings (SSSR count). The number of nitrogens with zero attached hydrogens (tertiary/aromatic N) is 1. The molecule has 5 nitrogen and oxygen atoms in total. The van der Waals surface area contributed by atoms with Crippen LogP contribution in [0.25, 0.3) is 0 Å².